The zero-order valence-electron chi connectivity index (χ0n) is 13.8. The van der Waals surface area contributed by atoms with Gasteiger partial charge >= 0.3 is 0 Å². The summed E-state index contributed by atoms with van der Waals surface area (Å²) in [7, 11) is 0. The average Bonchev–Trinajstić information content (AvgIpc) is 3.08. The van der Waals surface area contributed by atoms with Crippen molar-refractivity contribution in [2.24, 2.45) is 0 Å². The van der Waals surface area contributed by atoms with Crippen molar-refractivity contribution in [1.82, 2.24) is 0 Å². The fourth-order valence-electron chi connectivity index (χ4n) is 4.21. The van der Waals surface area contributed by atoms with Crippen LogP contribution in [0.2, 0.25) is 0 Å². The molecule has 5 aromatic rings. The Kier molecular flexibility index (Phi) is 2.48. The largest absolute Gasteiger partial charge is 0.0795 e. The smallest absolute Gasteiger partial charge is 0.00880 e. The first-order chi connectivity index (χ1) is 12.3. The normalized spacial score (nSPS) is 13.3. The topological polar surface area (TPSA) is 0 Å². The maximum absolute atomic E-state index is 2.36. The minimum atomic E-state index is 1.06. The average molecular weight is 316 g/mol. The first-order valence-corrected chi connectivity index (χ1v) is 8.83. The van der Waals surface area contributed by atoms with E-state index in [9.17, 15) is 0 Å². The van der Waals surface area contributed by atoms with Crippen molar-refractivity contribution in [3.8, 4) is 0 Å². The van der Waals surface area contributed by atoms with Gasteiger partial charge in [-0.25, -0.2) is 0 Å². The van der Waals surface area contributed by atoms with Crippen molar-refractivity contribution in [3.05, 3.63) is 90.0 Å². The number of allylic oxidation sites excluding steroid dienone is 1. The summed E-state index contributed by atoms with van der Waals surface area (Å²) >= 11 is 0. The summed E-state index contributed by atoms with van der Waals surface area (Å²) in [6.07, 6.45) is 5.56. The van der Waals surface area contributed by atoms with Gasteiger partial charge in [0.15, 0.2) is 0 Å². The van der Waals surface area contributed by atoms with Crippen LogP contribution in [0.4, 0.5) is 0 Å². The summed E-state index contributed by atoms with van der Waals surface area (Å²) in [5, 5.41) is 10.5. The van der Waals surface area contributed by atoms with Crippen molar-refractivity contribution in [2.45, 2.75) is 6.42 Å². The SMILES string of the molecule is C1=Cc2cc3cc4cc5cc6ccccc6cc5cc4cc3cc2C1. The van der Waals surface area contributed by atoms with E-state index in [1.807, 2.05) is 0 Å². The van der Waals surface area contributed by atoms with Crippen LogP contribution in [0.5, 0.6) is 0 Å². The van der Waals surface area contributed by atoms with Gasteiger partial charge < -0.3 is 0 Å². The lowest BCUT2D eigenvalue weighted by molar-refractivity contribution is 1.32. The third-order valence-electron chi connectivity index (χ3n) is 5.51. The van der Waals surface area contributed by atoms with E-state index in [4.69, 9.17) is 0 Å². The van der Waals surface area contributed by atoms with E-state index in [1.54, 1.807) is 0 Å². The fourth-order valence-corrected chi connectivity index (χ4v) is 4.21. The molecule has 0 aromatic heterocycles. The van der Waals surface area contributed by atoms with Crippen LogP contribution in [-0.4, -0.2) is 0 Å². The van der Waals surface area contributed by atoms with Gasteiger partial charge in [-0.15, -0.1) is 0 Å². The molecule has 25 heavy (non-hydrogen) atoms. The van der Waals surface area contributed by atoms with Crippen LogP contribution in [-0.2, 0) is 6.42 Å². The fraction of sp³-hybridized carbons (Fsp3) is 0.0400. The molecule has 1 aliphatic rings. The second-order valence-electron chi connectivity index (χ2n) is 7.10. The Morgan fingerprint density at radius 2 is 0.960 bits per heavy atom. The summed E-state index contributed by atoms with van der Waals surface area (Å²) in [6.45, 7) is 0. The van der Waals surface area contributed by atoms with E-state index in [0.717, 1.165) is 6.42 Å². The van der Waals surface area contributed by atoms with E-state index >= 15 is 0 Å². The van der Waals surface area contributed by atoms with Gasteiger partial charge in [-0.3, -0.25) is 0 Å². The minimum Gasteiger partial charge on any atom is -0.0795 e. The van der Waals surface area contributed by atoms with Gasteiger partial charge in [0.25, 0.3) is 0 Å². The van der Waals surface area contributed by atoms with Crippen LogP contribution >= 0.6 is 0 Å². The van der Waals surface area contributed by atoms with Gasteiger partial charge in [0, 0.05) is 0 Å². The van der Waals surface area contributed by atoms with Crippen LogP contribution in [0.25, 0.3) is 49.2 Å². The Balaban J connectivity index is 1.70. The molecular formula is C25H16. The molecule has 0 atom stereocenters. The Labute approximate surface area is 146 Å². The quantitative estimate of drug-likeness (QED) is 0.273. The van der Waals surface area contributed by atoms with Crippen molar-refractivity contribution >= 4 is 49.2 Å². The van der Waals surface area contributed by atoms with Crippen LogP contribution in [0.1, 0.15) is 11.1 Å². The molecule has 0 fully saturated rings. The van der Waals surface area contributed by atoms with E-state index in [0.29, 0.717) is 0 Å². The molecule has 0 N–H and O–H groups in total. The predicted octanol–water partition coefficient (Wildman–Crippen LogP) is 6.87. The summed E-state index contributed by atoms with van der Waals surface area (Å²) in [5.74, 6) is 0. The molecule has 116 valence electrons. The predicted molar refractivity (Wildman–Crippen MR) is 109 cm³/mol. The lowest BCUT2D eigenvalue weighted by Gasteiger charge is -2.08. The Morgan fingerprint density at radius 1 is 0.480 bits per heavy atom. The van der Waals surface area contributed by atoms with Gasteiger partial charge in [-0.05, 0) is 103 Å². The van der Waals surface area contributed by atoms with E-state index in [1.165, 1.54) is 54.2 Å². The molecule has 0 saturated carbocycles. The molecule has 0 amide bonds. The van der Waals surface area contributed by atoms with Gasteiger partial charge in [-0.2, -0.15) is 0 Å². The minimum absolute atomic E-state index is 1.06. The van der Waals surface area contributed by atoms with Crippen molar-refractivity contribution in [2.75, 3.05) is 0 Å². The first kappa shape index (κ1) is 13.2. The van der Waals surface area contributed by atoms with Crippen molar-refractivity contribution in [3.63, 3.8) is 0 Å². The maximum Gasteiger partial charge on any atom is -0.00880 e. The first-order valence-electron chi connectivity index (χ1n) is 8.83. The van der Waals surface area contributed by atoms with Crippen molar-refractivity contribution in [1.29, 1.82) is 0 Å². The maximum atomic E-state index is 2.36. The molecule has 0 unspecified atom stereocenters. The Morgan fingerprint density at radius 3 is 1.56 bits per heavy atom. The molecule has 6 rings (SSSR count). The number of rotatable bonds is 0. The third kappa shape index (κ3) is 1.94. The van der Waals surface area contributed by atoms with E-state index in [-0.39, 0.29) is 0 Å². The molecule has 0 bridgehead atoms. The monoisotopic (exact) mass is 316 g/mol. The van der Waals surface area contributed by atoms with Crippen molar-refractivity contribution < 1.29 is 0 Å². The zero-order chi connectivity index (χ0) is 16.4. The second-order valence-corrected chi connectivity index (χ2v) is 7.10. The lowest BCUT2D eigenvalue weighted by atomic mass is 9.96. The van der Waals surface area contributed by atoms with E-state index < -0.39 is 0 Å². The van der Waals surface area contributed by atoms with Crippen LogP contribution in [0, 0.1) is 0 Å². The summed E-state index contributed by atoms with van der Waals surface area (Å²) < 4.78 is 0. The summed E-state index contributed by atoms with van der Waals surface area (Å²) in [4.78, 5) is 0. The van der Waals surface area contributed by atoms with Crippen LogP contribution in [0.3, 0.4) is 0 Å². The molecule has 0 spiro atoms. The number of hydrogen-bond donors (Lipinski definition) is 0. The number of fused-ring (bicyclic) bond motifs is 5. The highest BCUT2D eigenvalue weighted by atomic mass is 14.1. The van der Waals surface area contributed by atoms with Gasteiger partial charge in [-0.1, -0.05) is 42.5 Å². The zero-order valence-corrected chi connectivity index (χ0v) is 13.8. The Bertz CT molecular complexity index is 1350. The molecule has 0 nitrogen and oxygen atoms in total. The van der Waals surface area contributed by atoms with Crippen LogP contribution in [0.15, 0.2) is 78.9 Å². The molecule has 0 aliphatic heterocycles. The van der Waals surface area contributed by atoms with Crippen LogP contribution < -0.4 is 0 Å². The Hall–Kier alpha value is -3.12. The standard InChI is InChI=1S/C25H16/c1-2-5-17-9-21-13-25-15-23-11-19-7-3-6-18(19)10-22(23)14-24(25)12-20(21)8-16(17)4-1/h1-6,8-15H,7H2. The highest BCUT2D eigenvalue weighted by molar-refractivity contribution is 6.08. The number of hydrogen-bond acceptors (Lipinski definition) is 0. The molecule has 0 heterocycles. The molecule has 0 radical (unpaired) electrons. The number of benzene rings is 5. The lowest BCUT2D eigenvalue weighted by Crippen LogP contribution is -1.84. The second kappa shape index (κ2) is 4.70. The summed E-state index contributed by atoms with van der Waals surface area (Å²) in [5.41, 5.74) is 2.82. The van der Waals surface area contributed by atoms with Gasteiger partial charge in [0.05, 0.1) is 0 Å². The molecule has 5 aromatic carbocycles. The summed E-state index contributed by atoms with van der Waals surface area (Å²) in [6, 6.07) is 27.2. The molecule has 0 heteroatoms. The molecule has 0 saturated heterocycles. The van der Waals surface area contributed by atoms with Gasteiger partial charge in [0.1, 0.15) is 0 Å². The third-order valence-corrected chi connectivity index (χ3v) is 5.51. The van der Waals surface area contributed by atoms with E-state index in [2.05, 4.69) is 84.9 Å². The van der Waals surface area contributed by atoms with Gasteiger partial charge in [0.2, 0.25) is 0 Å². The highest BCUT2D eigenvalue weighted by Crippen LogP contribution is 2.32. The highest BCUT2D eigenvalue weighted by Gasteiger charge is 2.08. The molecule has 1 aliphatic carbocycles. The molecular weight excluding hydrogens is 300 g/mol.